The maximum atomic E-state index is 8.93. The molecular weight excluding hydrogens is 184 g/mol. The Bertz CT molecular complexity index is 278. The number of thiophene rings is 1. The number of aliphatic hydroxyl groups excluding tert-OH is 1. The molecule has 1 rings (SSSR count). The predicted molar refractivity (Wildman–Crippen MR) is 52.4 cm³/mol. The summed E-state index contributed by atoms with van der Waals surface area (Å²) < 4.78 is 0. The van der Waals surface area contributed by atoms with Crippen LogP contribution in [0.5, 0.6) is 0 Å². The number of hydrogen-bond acceptors (Lipinski definition) is 4. The molecule has 13 heavy (non-hydrogen) atoms. The second kappa shape index (κ2) is 4.97. The molecule has 1 unspecified atom stereocenters. The number of aliphatic hydroxyl groups is 1. The molecule has 0 amide bonds. The van der Waals surface area contributed by atoms with Crippen molar-refractivity contribution in [1.82, 2.24) is 4.90 Å². The molecular formula is C9H12N2OS. The third-order valence-electron chi connectivity index (χ3n) is 1.87. The summed E-state index contributed by atoms with van der Waals surface area (Å²) in [7, 11) is 1.84. The SMILES string of the molecule is CN(CCO)C(C#N)c1ccsc1. The van der Waals surface area contributed by atoms with Crippen molar-refractivity contribution in [3.05, 3.63) is 22.4 Å². The van der Waals surface area contributed by atoms with Crippen LogP contribution in [-0.2, 0) is 0 Å². The van der Waals surface area contributed by atoms with Gasteiger partial charge in [0, 0.05) is 6.54 Å². The summed E-state index contributed by atoms with van der Waals surface area (Å²) in [5.74, 6) is 0. The van der Waals surface area contributed by atoms with Crippen molar-refractivity contribution in [2.24, 2.45) is 0 Å². The highest BCUT2D eigenvalue weighted by Gasteiger charge is 2.15. The molecule has 0 radical (unpaired) electrons. The summed E-state index contributed by atoms with van der Waals surface area (Å²) in [4.78, 5) is 1.84. The van der Waals surface area contributed by atoms with Crippen molar-refractivity contribution in [2.45, 2.75) is 6.04 Å². The molecule has 0 aliphatic rings. The fraction of sp³-hybridized carbons (Fsp3) is 0.444. The first-order valence-corrected chi connectivity index (χ1v) is 4.96. The maximum Gasteiger partial charge on any atom is 0.124 e. The summed E-state index contributed by atoms with van der Waals surface area (Å²) >= 11 is 1.58. The highest BCUT2D eigenvalue weighted by atomic mass is 32.1. The Morgan fingerprint density at radius 3 is 3.00 bits per heavy atom. The summed E-state index contributed by atoms with van der Waals surface area (Å²) in [6.45, 7) is 0.604. The minimum atomic E-state index is -0.238. The van der Waals surface area contributed by atoms with Crippen LogP contribution in [0.25, 0.3) is 0 Å². The van der Waals surface area contributed by atoms with Gasteiger partial charge in [0.25, 0.3) is 0 Å². The van der Waals surface area contributed by atoms with Gasteiger partial charge < -0.3 is 5.11 Å². The van der Waals surface area contributed by atoms with Gasteiger partial charge in [0.1, 0.15) is 6.04 Å². The fourth-order valence-corrected chi connectivity index (χ4v) is 1.82. The highest BCUT2D eigenvalue weighted by Crippen LogP contribution is 2.20. The van der Waals surface area contributed by atoms with E-state index in [4.69, 9.17) is 10.4 Å². The van der Waals surface area contributed by atoms with Crippen molar-refractivity contribution in [1.29, 1.82) is 5.26 Å². The van der Waals surface area contributed by atoms with E-state index >= 15 is 0 Å². The van der Waals surface area contributed by atoms with E-state index < -0.39 is 0 Å². The Labute approximate surface area is 81.8 Å². The Balaban J connectivity index is 2.69. The van der Waals surface area contributed by atoms with E-state index in [0.717, 1.165) is 5.56 Å². The zero-order chi connectivity index (χ0) is 9.68. The molecule has 1 heterocycles. The fourth-order valence-electron chi connectivity index (χ4n) is 1.14. The van der Waals surface area contributed by atoms with Crippen LogP contribution in [0.3, 0.4) is 0 Å². The minimum absolute atomic E-state index is 0.0822. The third-order valence-corrected chi connectivity index (χ3v) is 2.58. The van der Waals surface area contributed by atoms with Gasteiger partial charge in [0.2, 0.25) is 0 Å². The lowest BCUT2D eigenvalue weighted by Crippen LogP contribution is -2.26. The van der Waals surface area contributed by atoms with Crippen molar-refractivity contribution in [3.8, 4) is 6.07 Å². The highest BCUT2D eigenvalue weighted by molar-refractivity contribution is 7.07. The van der Waals surface area contributed by atoms with E-state index in [0.29, 0.717) is 6.54 Å². The molecule has 0 saturated carbocycles. The van der Waals surface area contributed by atoms with Crippen LogP contribution in [0.15, 0.2) is 16.8 Å². The third kappa shape index (κ3) is 2.52. The molecule has 70 valence electrons. The van der Waals surface area contributed by atoms with Gasteiger partial charge in [-0.1, -0.05) is 0 Å². The average Bonchev–Trinajstić information content (AvgIpc) is 2.59. The quantitative estimate of drug-likeness (QED) is 0.788. The van der Waals surface area contributed by atoms with Crippen LogP contribution >= 0.6 is 11.3 Å². The zero-order valence-electron chi connectivity index (χ0n) is 7.47. The van der Waals surface area contributed by atoms with Crippen LogP contribution < -0.4 is 0 Å². The molecule has 0 aliphatic carbocycles. The minimum Gasteiger partial charge on any atom is -0.395 e. The second-order valence-electron chi connectivity index (χ2n) is 2.79. The Hall–Kier alpha value is -0.890. The van der Waals surface area contributed by atoms with E-state index in [2.05, 4.69) is 6.07 Å². The maximum absolute atomic E-state index is 8.93. The van der Waals surface area contributed by atoms with Crippen LogP contribution in [-0.4, -0.2) is 30.2 Å². The van der Waals surface area contributed by atoms with Gasteiger partial charge >= 0.3 is 0 Å². The van der Waals surface area contributed by atoms with E-state index in [1.807, 2.05) is 28.8 Å². The summed E-state index contributed by atoms with van der Waals surface area (Å²) in [5.41, 5.74) is 1.00. The summed E-state index contributed by atoms with van der Waals surface area (Å²) in [5, 5.41) is 21.6. The van der Waals surface area contributed by atoms with Crippen LogP contribution in [0.2, 0.25) is 0 Å². The largest absolute Gasteiger partial charge is 0.395 e. The van der Waals surface area contributed by atoms with Gasteiger partial charge in [0.05, 0.1) is 12.7 Å². The molecule has 3 nitrogen and oxygen atoms in total. The number of nitriles is 1. The smallest absolute Gasteiger partial charge is 0.124 e. The van der Waals surface area contributed by atoms with E-state index in [1.54, 1.807) is 11.3 Å². The Morgan fingerprint density at radius 2 is 2.54 bits per heavy atom. The normalized spacial score (nSPS) is 12.8. The molecule has 0 aromatic carbocycles. The molecule has 1 aromatic heterocycles. The molecule has 1 N–H and O–H groups in total. The molecule has 0 fully saturated rings. The molecule has 0 spiro atoms. The molecule has 1 atom stereocenters. The lowest BCUT2D eigenvalue weighted by atomic mass is 10.1. The number of nitrogens with zero attached hydrogens (tertiary/aromatic N) is 2. The van der Waals surface area contributed by atoms with Crippen molar-refractivity contribution < 1.29 is 5.11 Å². The Morgan fingerprint density at radius 1 is 1.77 bits per heavy atom. The van der Waals surface area contributed by atoms with Gasteiger partial charge in [-0.25, -0.2) is 0 Å². The number of hydrogen-bond donors (Lipinski definition) is 1. The summed E-state index contributed by atoms with van der Waals surface area (Å²) in [6.07, 6.45) is 0. The van der Waals surface area contributed by atoms with Gasteiger partial charge in [-0.05, 0) is 29.4 Å². The molecule has 4 heteroatoms. The summed E-state index contributed by atoms with van der Waals surface area (Å²) in [6, 6.07) is 3.91. The monoisotopic (exact) mass is 196 g/mol. The average molecular weight is 196 g/mol. The number of rotatable bonds is 4. The van der Waals surface area contributed by atoms with Gasteiger partial charge in [0.15, 0.2) is 0 Å². The first-order valence-electron chi connectivity index (χ1n) is 4.02. The van der Waals surface area contributed by atoms with Gasteiger partial charge in [-0.15, -0.1) is 0 Å². The van der Waals surface area contributed by atoms with Crippen LogP contribution in [0.4, 0.5) is 0 Å². The van der Waals surface area contributed by atoms with Crippen molar-refractivity contribution in [2.75, 3.05) is 20.2 Å². The Kier molecular flexibility index (Phi) is 3.90. The topological polar surface area (TPSA) is 47.3 Å². The van der Waals surface area contributed by atoms with Gasteiger partial charge in [-0.2, -0.15) is 16.6 Å². The van der Waals surface area contributed by atoms with E-state index in [9.17, 15) is 0 Å². The standard InChI is InChI=1S/C9H12N2OS/c1-11(3-4-12)9(6-10)8-2-5-13-7-8/h2,5,7,9,12H,3-4H2,1H3. The van der Waals surface area contributed by atoms with Crippen LogP contribution in [0.1, 0.15) is 11.6 Å². The lowest BCUT2D eigenvalue weighted by molar-refractivity contribution is 0.203. The first-order chi connectivity index (χ1) is 6.29. The number of likely N-dealkylation sites (N-methyl/N-ethyl adjacent to an activating group) is 1. The van der Waals surface area contributed by atoms with Crippen molar-refractivity contribution in [3.63, 3.8) is 0 Å². The van der Waals surface area contributed by atoms with E-state index in [1.165, 1.54) is 0 Å². The van der Waals surface area contributed by atoms with Crippen LogP contribution in [0, 0.1) is 11.3 Å². The first kappa shape index (κ1) is 10.2. The molecule has 1 aromatic rings. The van der Waals surface area contributed by atoms with Gasteiger partial charge in [-0.3, -0.25) is 4.90 Å². The molecule has 0 saturated heterocycles. The molecule has 0 bridgehead atoms. The lowest BCUT2D eigenvalue weighted by Gasteiger charge is -2.20. The van der Waals surface area contributed by atoms with E-state index in [-0.39, 0.29) is 12.6 Å². The van der Waals surface area contributed by atoms with Crippen molar-refractivity contribution >= 4 is 11.3 Å². The molecule has 0 aliphatic heterocycles. The zero-order valence-corrected chi connectivity index (χ0v) is 8.29. The predicted octanol–water partition coefficient (Wildman–Crippen LogP) is 1.24. The second-order valence-corrected chi connectivity index (χ2v) is 3.57.